The molecule has 0 saturated heterocycles. The second kappa shape index (κ2) is 4.86. The summed E-state index contributed by atoms with van der Waals surface area (Å²) in [7, 11) is 0. The van der Waals surface area contributed by atoms with Gasteiger partial charge in [-0.1, -0.05) is 26.8 Å². The van der Waals surface area contributed by atoms with Crippen LogP contribution in [-0.4, -0.2) is 15.3 Å². The van der Waals surface area contributed by atoms with Gasteiger partial charge in [0.1, 0.15) is 5.65 Å². The largest absolute Gasteiger partial charge is 0.309 e. The Hall–Kier alpha value is -1.84. The summed E-state index contributed by atoms with van der Waals surface area (Å²) < 4.78 is 2.18. The van der Waals surface area contributed by atoms with E-state index in [1.54, 1.807) is 0 Å². The van der Waals surface area contributed by atoms with E-state index in [4.69, 9.17) is 0 Å². The molecule has 1 aliphatic carbocycles. The molecular formula is C17H23N3O. The van der Waals surface area contributed by atoms with E-state index in [1.807, 2.05) is 12.1 Å². The van der Waals surface area contributed by atoms with Crippen molar-refractivity contribution in [1.29, 1.82) is 0 Å². The predicted octanol–water partition coefficient (Wildman–Crippen LogP) is 3.89. The van der Waals surface area contributed by atoms with E-state index in [-0.39, 0.29) is 11.3 Å². The summed E-state index contributed by atoms with van der Waals surface area (Å²) in [5, 5.41) is 3.03. The molecule has 0 unspecified atom stereocenters. The lowest BCUT2D eigenvalue weighted by Crippen LogP contribution is -2.20. The molecule has 1 N–H and O–H groups in total. The Morgan fingerprint density at radius 1 is 1.38 bits per heavy atom. The third-order valence-electron chi connectivity index (χ3n) is 3.79. The first kappa shape index (κ1) is 14.1. The van der Waals surface area contributed by atoms with Gasteiger partial charge in [0.05, 0.1) is 5.69 Å². The molecule has 0 atom stereocenters. The number of hydrogen-bond donors (Lipinski definition) is 1. The van der Waals surface area contributed by atoms with Gasteiger partial charge in [-0.2, -0.15) is 0 Å². The van der Waals surface area contributed by atoms with E-state index < -0.39 is 0 Å². The van der Waals surface area contributed by atoms with Gasteiger partial charge in [-0.25, -0.2) is 4.98 Å². The molecule has 0 bridgehead atoms. The molecule has 0 radical (unpaired) electrons. The maximum absolute atomic E-state index is 12.2. The number of imidazole rings is 1. The molecule has 2 heterocycles. The number of nitrogens with one attached hydrogen (secondary N) is 1. The molecule has 0 aromatic carbocycles. The quantitative estimate of drug-likeness (QED) is 0.929. The van der Waals surface area contributed by atoms with Gasteiger partial charge < -0.3 is 5.32 Å². The molecule has 4 heteroatoms. The van der Waals surface area contributed by atoms with Crippen molar-refractivity contribution in [3.63, 3.8) is 0 Å². The summed E-state index contributed by atoms with van der Waals surface area (Å²) in [6, 6.07) is 6.09. The zero-order chi connectivity index (χ0) is 15.2. The van der Waals surface area contributed by atoms with Crippen LogP contribution in [0.4, 0.5) is 5.82 Å². The Bertz CT molecular complexity index is 690. The highest BCUT2D eigenvalue weighted by atomic mass is 16.1. The minimum absolute atomic E-state index is 0.0150. The van der Waals surface area contributed by atoms with Crippen LogP contribution in [0.3, 0.4) is 0 Å². The first-order valence-corrected chi connectivity index (χ1v) is 7.63. The summed E-state index contributed by atoms with van der Waals surface area (Å²) in [5.74, 6) is 1.33. The number of aryl methyl sites for hydroxylation is 1. The normalized spacial score (nSPS) is 15.4. The molecule has 1 amide bonds. The molecule has 1 aliphatic rings. The molecule has 1 saturated carbocycles. The van der Waals surface area contributed by atoms with Crippen molar-refractivity contribution in [3.05, 3.63) is 29.6 Å². The van der Waals surface area contributed by atoms with Crippen LogP contribution in [0.2, 0.25) is 0 Å². The van der Waals surface area contributed by atoms with E-state index in [0.29, 0.717) is 12.3 Å². The van der Waals surface area contributed by atoms with Gasteiger partial charge in [-0.05, 0) is 37.3 Å². The maximum Gasteiger partial charge on any atom is 0.226 e. The van der Waals surface area contributed by atoms with Crippen LogP contribution >= 0.6 is 0 Å². The molecule has 2 aromatic heterocycles. The number of pyridine rings is 1. The van der Waals surface area contributed by atoms with Gasteiger partial charge in [0.2, 0.25) is 5.91 Å². The number of fused-ring (bicyclic) bond motifs is 1. The zero-order valence-electron chi connectivity index (χ0n) is 13.2. The number of nitrogens with zero attached hydrogens (tertiary/aromatic N) is 2. The highest BCUT2D eigenvalue weighted by Gasteiger charge is 2.31. The molecule has 2 aromatic rings. The minimum atomic E-state index is -0.0150. The van der Waals surface area contributed by atoms with E-state index in [2.05, 4.69) is 48.5 Å². The first-order valence-electron chi connectivity index (χ1n) is 7.63. The van der Waals surface area contributed by atoms with Gasteiger partial charge in [-0.15, -0.1) is 0 Å². The van der Waals surface area contributed by atoms with Crippen LogP contribution in [0, 0.1) is 12.3 Å². The molecule has 0 aliphatic heterocycles. The average Bonchev–Trinajstić information content (AvgIpc) is 3.09. The average molecular weight is 285 g/mol. The van der Waals surface area contributed by atoms with Gasteiger partial charge in [0.25, 0.3) is 0 Å². The SMILES string of the molecule is Cc1cccc2nc(NC(=O)CC(C)(C)C)c(C3CC3)n12. The molecule has 112 valence electrons. The number of aromatic nitrogens is 2. The summed E-state index contributed by atoms with van der Waals surface area (Å²) in [6.45, 7) is 8.30. The standard InChI is InChI=1S/C17H23N3O/c1-11-6-5-7-13-18-16(15(20(11)13)12-8-9-12)19-14(21)10-17(2,3)4/h5-7,12H,8-10H2,1-4H3,(H,19,21). The lowest BCUT2D eigenvalue weighted by molar-refractivity contribution is -0.117. The smallest absolute Gasteiger partial charge is 0.226 e. The van der Waals surface area contributed by atoms with Gasteiger partial charge in [-0.3, -0.25) is 9.20 Å². The Balaban J connectivity index is 1.97. The Kier molecular flexibility index (Phi) is 3.27. The third-order valence-corrected chi connectivity index (χ3v) is 3.79. The Morgan fingerprint density at radius 2 is 2.10 bits per heavy atom. The molecule has 4 nitrogen and oxygen atoms in total. The lowest BCUT2D eigenvalue weighted by atomic mass is 9.92. The number of hydrogen-bond acceptors (Lipinski definition) is 2. The van der Waals surface area contributed by atoms with Crippen LogP contribution in [0.1, 0.15) is 57.3 Å². The number of anilines is 1. The van der Waals surface area contributed by atoms with E-state index >= 15 is 0 Å². The molecule has 3 rings (SSSR count). The lowest BCUT2D eigenvalue weighted by Gasteiger charge is -2.17. The fourth-order valence-electron chi connectivity index (χ4n) is 2.76. The molecule has 1 fully saturated rings. The highest BCUT2D eigenvalue weighted by molar-refractivity contribution is 5.91. The van der Waals surface area contributed by atoms with Gasteiger partial charge in [0.15, 0.2) is 5.82 Å². The first-order chi connectivity index (χ1) is 9.85. The van der Waals surface area contributed by atoms with Crippen LogP contribution in [0.15, 0.2) is 18.2 Å². The van der Waals surface area contributed by atoms with Crippen LogP contribution in [0.25, 0.3) is 5.65 Å². The highest BCUT2D eigenvalue weighted by Crippen LogP contribution is 2.44. The van der Waals surface area contributed by atoms with Crippen molar-refractivity contribution in [2.24, 2.45) is 5.41 Å². The van der Waals surface area contributed by atoms with Crippen LogP contribution in [-0.2, 0) is 4.79 Å². The van der Waals surface area contributed by atoms with Crippen molar-refractivity contribution >= 4 is 17.4 Å². The van der Waals surface area contributed by atoms with Crippen molar-refractivity contribution in [3.8, 4) is 0 Å². The number of carbonyl (C=O) groups excluding carboxylic acids is 1. The fraction of sp³-hybridized carbons (Fsp3) is 0.529. The second-order valence-corrected chi connectivity index (χ2v) is 7.27. The Morgan fingerprint density at radius 3 is 2.71 bits per heavy atom. The third kappa shape index (κ3) is 2.94. The number of amides is 1. The van der Waals surface area contributed by atoms with Crippen molar-refractivity contribution < 1.29 is 4.79 Å². The summed E-state index contributed by atoms with van der Waals surface area (Å²) in [6.07, 6.45) is 2.87. The van der Waals surface area contributed by atoms with Crippen LogP contribution < -0.4 is 5.32 Å². The number of rotatable bonds is 3. The second-order valence-electron chi connectivity index (χ2n) is 7.27. The fourth-order valence-corrected chi connectivity index (χ4v) is 2.76. The van der Waals surface area contributed by atoms with Gasteiger partial charge >= 0.3 is 0 Å². The molecular weight excluding hydrogens is 262 g/mol. The van der Waals surface area contributed by atoms with Gasteiger partial charge in [0, 0.05) is 18.0 Å². The Labute approximate surface area is 125 Å². The van der Waals surface area contributed by atoms with E-state index in [9.17, 15) is 4.79 Å². The van der Waals surface area contributed by atoms with E-state index in [0.717, 1.165) is 11.5 Å². The number of carbonyl (C=O) groups is 1. The summed E-state index contributed by atoms with van der Waals surface area (Å²) in [4.78, 5) is 16.9. The van der Waals surface area contributed by atoms with Crippen LogP contribution in [0.5, 0.6) is 0 Å². The summed E-state index contributed by atoms with van der Waals surface area (Å²) >= 11 is 0. The van der Waals surface area contributed by atoms with E-state index in [1.165, 1.54) is 24.2 Å². The van der Waals surface area contributed by atoms with Crippen molar-refractivity contribution in [1.82, 2.24) is 9.38 Å². The topological polar surface area (TPSA) is 46.4 Å². The minimum Gasteiger partial charge on any atom is -0.309 e. The predicted molar refractivity (Wildman–Crippen MR) is 84.6 cm³/mol. The van der Waals surface area contributed by atoms with Crippen molar-refractivity contribution in [2.75, 3.05) is 5.32 Å². The molecule has 0 spiro atoms. The maximum atomic E-state index is 12.2. The molecule has 21 heavy (non-hydrogen) atoms. The van der Waals surface area contributed by atoms with Crippen molar-refractivity contribution in [2.45, 2.75) is 52.9 Å². The zero-order valence-corrected chi connectivity index (χ0v) is 13.2. The summed E-state index contributed by atoms with van der Waals surface area (Å²) in [5.41, 5.74) is 3.24. The monoisotopic (exact) mass is 285 g/mol.